The highest BCUT2D eigenvalue weighted by molar-refractivity contribution is 5.71. The quantitative estimate of drug-likeness (QED) is 0.750. The number of ether oxygens (including phenoxy) is 1. The van der Waals surface area contributed by atoms with Crippen LogP contribution in [0.15, 0.2) is 35.9 Å². The minimum absolute atomic E-state index is 0.0355. The highest BCUT2D eigenvalue weighted by atomic mass is 19.1. The molecule has 5 heteroatoms. The summed E-state index contributed by atoms with van der Waals surface area (Å²) in [5.41, 5.74) is 0.819. The first-order chi connectivity index (χ1) is 8.70. The molecule has 1 atom stereocenters. The minimum atomic E-state index is -1.42. The van der Waals surface area contributed by atoms with Crippen molar-refractivity contribution < 1.29 is 18.7 Å². The van der Waals surface area contributed by atoms with Crippen molar-refractivity contribution in [2.75, 3.05) is 13.1 Å². The largest absolute Gasteiger partial charge is 0.445 e. The summed E-state index contributed by atoms with van der Waals surface area (Å²) in [5.74, 6) is 1.51. The van der Waals surface area contributed by atoms with E-state index in [9.17, 15) is 14.0 Å². The molecule has 0 saturated carbocycles. The van der Waals surface area contributed by atoms with Crippen LogP contribution in [0.4, 0.5) is 9.18 Å². The molecule has 94 valence electrons. The second kappa shape index (κ2) is 5.47. The Kier molecular flexibility index (Phi) is 3.75. The molecule has 1 aromatic carbocycles. The maximum absolute atomic E-state index is 13.2. The molecule has 0 spiro atoms. The van der Waals surface area contributed by atoms with Crippen molar-refractivity contribution >= 4 is 12.0 Å². The number of rotatable bonds is 2. The van der Waals surface area contributed by atoms with E-state index in [1.165, 1.54) is 5.94 Å². The van der Waals surface area contributed by atoms with Gasteiger partial charge in [-0.15, -0.1) is 0 Å². The first-order valence-electron chi connectivity index (χ1n) is 5.54. The molecule has 1 aliphatic heterocycles. The van der Waals surface area contributed by atoms with Gasteiger partial charge in [0.2, 0.25) is 0 Å². The van der Waals surface area contributed by atoms with Gasteiger partial charge >= 0.3 is 6.09 Å². The zero-order valence-corrected chi connectivity index (χ0v) is 9.64. The van der Waals surface area contributed by atoms with E-state index in [0.717, 1.165) is 10.5 Å². The molecule has 1 aromatic rings. The maximum Gasteiger partial charge on any atom is 0.410 e. The Labute approximate surface area is 104 Å². The molecule has 0 radical (unpaired) electrons. The van der Waals surface area contributed by atoms with Gasteiger partial charge in [-0.25, -0.2) is 14.0 Å². The average Bonchev–Trinajstić information content (AvgIpc) is 2.78. The molecule has 0 N–H and O–H groups in total. The number of amides is 1. The number of alkyl halides is 1. The van der Waals surface area contributed by atoms with Crippen molar-refractivity contribution in [3.8, 4) is 0 Å². The standard InChI is InChI=1S/C13H12FNO3/c14-12-7-15(6-11(12)8-16)13(17)18-9-10-4-2-1-3-5-10/h1-5,12H,6-7,9H2. The van der Waals surface area contributed by atoms with Gasteiger partial charge in [0, 0.05) is 0 Å². The minimum Gasteiger partial charge on any atom is -0.445 e. The SMILES string of the molecule is O=C=C1CN(C(=O)OCc2ccccc2)CC1F. The van der Waals surface area contributed by atoms with Gasteiger partial charge in [0.25, 0.3) is 0 Å². The third kappa shape index (κ3) is 2.76. The highest BCUT2D eigenvalue weighted by Crippen LogP contribution is 2.17. The van der Waals surface area contributed by atoms with E-state index in [0.29, 0.717) is 0 Å². The number of hydrogen-bond donors (Lipinski definition) is 0. The van der Waals surface area contributed by atoms with E-state index in [-0.39, 0.29) is 25.3 Å². The Bertz CT molecular complexity index is 482. The van der Waals surface area contributed by atoms with E-state index in [1.807, 2.05) is 30.3 Å². The van der Waals surface area contributed by atoms with Crippen LogP contribution in [0.2, 0.25) is 0 Å². The average molecular weight is 249 g/mol. The Balaban J connectivity index is 1.88. The van der Waals surface area contributed by atoms with Crippen LogP contribution in [0.1, 0.15) is 5.56 Å². The molecule has 1 fully saturated rings. The summed E-state index contributed by atoms with van der Waals surface area (Å²) >= 11 is 0. The predicted molar refractivity (Wildman–Crippen MR) is 62.3 cm³/mol. The van der Waals surface area contributed by atoms with E-state index in [4.69, 9.17) is 4.74 Å². The van der Waals surface area contributed by atoms with Crippen LogP contribution < -0.4 is 0 Å². The molecule has 2 rings (SSSR count). The predicted octanol–water partition coefficient (Wildman–Crippen LogP) is 1.73. The molecule has 0 aromatic heterocycles. The smallest absolute Gasteiger partial charge is 0.410 e. The van der Waals surface area contributed by atoms with E-state index in [2.05, 4.69) is 0 Å². The van der Waals surface area contributed by atoms with Crippen LogP contribution in [-0.4, -0.2) is 36.2 Å². The van der Waals surface area contributed by atoms with Crippen LogP contribution >= 0.6 is 0 Å². The first kappa shape index (κ1) is 12.3. The number of likely N-dealkylation sites (tertiary alicyclic amines) is 1. The summed E-state index contributed by atoms with van der Waals surface area (Å²) < 4.78 is 18.2. The lowest BCUT2D eigenvalue weighted by Gasteiger charge is -2.14. The van der Waals surface area contributed by atoms with Crippen LogP contribution in [0, 0.1) is 0 Å². The summed E-state index contributed by atoms with van der Waals surface area (Å²) in [6.07, 6.45) is -2.04. The molecule has 1 aliphatic rings. The van der Waals surface area contributed by atoms with Gasteiger partial charge in [-0.2, -0.15) is 0 Å². The number of carbonyl (C=O) groups is 1. The fraction of sp³-hybridized carbons (Fsp3) is 0.308. The molecule has 1 heterocycles. The summed E-state index contributed by atoms with van der Waals surface area (Å²) in [7, 11) is 0. The molecule has 1 amide bonds. The van der Waals surface area contributed by atoms with Crippen LogP contribution in [0.3, 0.4) is 0 Å². The highest BCUT2D eigenvalue weighted by Gasteiger charge is 2.32. The topological polar surface area (TPSA) is 46.6 Å². The van der Waals surface area contributed by atoms with Crippen molar-refractivity contribution in [1.82, 2.24) is 4.90 Å². The molecular weight excluding hydrogens is 237 g/mol. The van der Waals surface area contributed by atoms with Crippen molar-refractivity contribution in [3.63, 3.8) is 0 Å². The third-order valence-corrected chi connectivity index (χ3v) is 2.71. The zero-order valence-electron chi connectivity index (χ0n) is 9.64. The van der Waals surface area contributed by atoms with Gasteiger partial charge in [0.1, 0.15) is 12.5 Å². The fourth-order valence-corrected chi connectivity index (χ4v) is 1.72. The number of nitrogens with zero attached hydrogens (tertiary/aromatic N) is 1. The second-order valence-corrected chi connectivity index (χ2v) is 4.02. The molecule has 0 aliphatic carbocycles. The van der Waals surface area contributed by atoms with E-state index >= 15 is 0 Å². The summed E-state index contributed by atoms with van der Waals surface area (Å²) in [6.45, 7) is -0.0518. The van der Waals surface area contributed by atoms with Crippen molar-refractivity contribution in [3.05, 3.63) is 41.5 Å². The number of hydrogen-bond acceptors (Lipinski definition) is 3. The number of carbonyl (C=O) groups excluding carboxylic acids is 2. The fourth-order valence-electron chi connectivity index (χ4n) is 1.72. The molecule has 4 nitrogen and oxygen atoms in total. The number of benzene rings is 1. The zero-order chi connectivity index (χ0) is 13.0. The second-order valence-electron chi connectivity index (χ2n) is 4.02. The first-order valence-corrected chi connectivity index (χ1v) is 5.54. The van der Waals surface area contributed by atoms with Gasteiger partial charge in [-0.1, -0.05) is 30.3 Å². The van der Waals surface area contributed by atoms with Crippen molar-refractivity contribution in [2.24, 2.45) is 0 Å². The Morgan fingerprint density at radius 2 is 2.17 bits per heavy atom. The van der Waals surface area contributed by atoms with Gasteiger partial charge in [-0.3, -0.25) is 0 Å². The van der Waals surface area contributed by atoms with Crippen LogP contribution in [0.5, 0.6) is 0 Å². The summed E-state index contributed by atoms with van der Waals surface area (Å²) in [6, 6.07) is 9.19. The Morgan fingerprint density at radius 1 is 1.44 bits per heavy atom. The summed E-state index contributed by atoms with van der Waals surface area (Å²) in [4.78, 5) is 23.2. The molecule has 1 unspecified atom stereocenters. The lowest BCUT2D eigenvalue weighted by atomic mass is 10.2. The lowest BCUT2D eigenvalue weighted by Crippen LogP contribution is -2.29. The van der Waals surface area contributed by atoms with E-state index in [1.54, 1.807) is 0 Å². The van der Waals surface area contributed by atoms with Crippen LogP contribution in [-0.2, 0) is 16.1 Å². The number of halogens is 1. The molecule has 1 saturated heterocycles. The lowest BCUT2D eigenvalue weighted by molar-refractivity contribution is 0.102. The van der Waals surface area contributed by atoms with Crippen molar-refractivity contribution in [2.45, 2.75) is 12.8 Å². The molecule has 0 bridgehead atoms. The van der Waals surface area contributed by atoms with Gasteiger partial charge < -0.3 is 9.64 Å². The Hall–Kier alpha value is -2.13. The monoisotopic (exact) mass is 249 g/mol. The third-order valence-electron chi connectivity index (χ3n) is 2.71. The van der Waals surface area contributed by atoms with Gasteiger partial charge in [-0.05, 0) is 5.56 Å². The van der Waals surface area contributed by atoms with Gasteiger partial charge in [0.15, 0.2) is 6.17 Å². The van der Waals surface area contributed by atoms with Crippen molar-refractivity contribution in [1.29, 1.82) is 0 Å². The maximum atomic E-state index is 13.2. The van der Waals surface area contributed by atoms with E-state index < -0.39 is 12.3 Å². The Morgan fingerprint density at radius 3 is 2.78 bits per heavy atom. The van der Waals surface area contributed by atoms with Crippen LogP contribution in [0.25, 0.3) is 0 Å². The normalized spacial score (nSPS) is 18.6. The molecule has 18 heavy (non-hydrogen) atoms. The van der Waals surface area contributed by atoms with Gasteiger partial charge in [0.05, 0.1) is 18.7 Å². The molecular formula is C13H12FNO3. The summed E-state index contributed by atoms with van der Waals surface area (Å²) in [5, 5.41) is 0.